The van der Waals surface area contributed by atoms with Crippen molar-refractivity contribution in [3.05, 3.63) is 35.4 Å². The van der Waals surface area contributed by atoms with Crippen LogP contribution in [0.2, 0.25) is 0 Å². The van der Waals surface area contributed by atoms with Gasteiger partial charge in [0, 0.05) is 11.6 Å². The van der Waals surface area contributed by atoms with E-state index in [2.05, 4.69) is 29.6 Å². The maximum atomic E-state index is 12.7. The first-order chi connectivity index (χ1) is 10.9. The van der Waals surface area contributed by atoms with Crippen molar-refractivity contribution in [1.29, 1.82) is 0 Å². The Labute approximate surface area is 140 Å². The highest BCUT2D eigenvalue weighted by molar-refractivity contribution is 5.87. The summed E-state index contributed by atoms with van der Waals surface area (Å²) in [4.78, 5) is 12.7. The molecule has 23 heavy (non-hydrogen) atoms. The summed E-state index contributed by atoms with van der Waals surface area (Å²) in [5.41, 5.74) is 8.09. The van der Waals surface area contributed by atoms with Gasteiger partial charge in [-0.1, -0.05) is 43.5 Å². The van der Waals surface area contributed by atoms with Crippen LogP contribution in [0.1, 0.15) is 69.9 Å². The van der Waals surface area contributed by atoms with Crippen LogP contribution in [0.4, 0.5) is 0 Å². The second kappa shape index (κ2) is 6.27. The normalized spacial score (nSPS) is 21.0. The van der Waals surface area contributed by atoms with Crippen molar-refractivity contribution >= 4 is 5.91 Å². The van der Waals surface area contributed by atoms with Gasteiger partial charge in [0.25, 0.3) is 0 Å². The number of hydrogen-bond acceptors (Lipinski definition) is 2. The third-order valence-corrected chi connectivity index (χ3v) is 5.63. The molecule has 2 aliphatic rings. The van der Waals surface area contributed by atoms with Gasteiger partial charge in [-0.05, 0) is 57.1 Å². The first-order valence-corrected chi connectivity index (χ1v) is 9.08. The van der Waals surface area contributed by atoms with Gasteiger partial charge in [0.2, 0.25) is 5.91 Å². The molecule has 0 aromatic heterocycles. The highest BCUT2D eigenvalue weighted by Gasteiger charge is 2.38. The Hall–Kier alpha value is -1.35. The van der Waals surface area contributed by atoms with Crippen LogP contribution in [0.25, 0.3) is 0 Å². The number of benzene rings is 1. The Kier molecular flexibility index (Phi) is 4.50. The van der Waals surface area contributed by atoms with Crippen LogP contribution in [0.15, 0.2) is 24.3 Å². The highest BCUT2D eigenvalue weighted by atomic mass is 16.2. The van der Waals surface area contributed by atoms with Crippen LogP contribution >= 0.6 is 0 Å². The van der Waals surface area contributed by atoms with Gasteiger partial charge in [-0.2, -0.15) is 0 Å². The molecule has 0 saturated heterocycles. The maximum absolute atomic E-state index is 12.7. The quantitative estimate of drug-likeness (QED) is 0.874. The lowest BCUT2D eigenvalue weighted by Crippen LogP contribution is -2.45. The molecule has 2 saturated carbocycles. The van der Waals surface area contributed by atoms with Gasteiger partial charge in [0.05, 0.1) is 5.41 Å². The smallest absolute Gasteiger partial charge is 0.230 e. The van der Waals surface area contributed by atoms with Gasteiger partial charge in [-0.15, -0.1) is 0 Å². The van der Waals surface area contributed by atoms with Crippen molar-refractivity contribution in [2.24, 2.45) is 5.73 Å². The fraction of sp³-hybridized carbons (Fsp3) is 0.650. The first kappa shape index (κ1) is 16.5. The molecule has 3 heteroatoms. The summed E-state index contributed by atoms with van der Waals surface area (Å²) in [5, 5.41) is 3.26. The lowest BCUT2D eigenvalue weighted by atomic mass is 9.82. The lowest BCUT2D eigenvalue weighted by Gasteiger charge is -2.29. The molecule has 1 amide bonds. The van der Waals surface area contributed by atoms with Gasteiger partial charge >= 0.3 is 0 Å². The van der Waals surface area contributed by atoms with E-state index in [4.69, 9.17) is 5.73 Å². The Morgan fingerprint density at radius 3 is 2.35 bits per heavy atom. The second-order valence-electron chi connectivity index (χ2n) is 8.17. The molecular formula is C20H30N2O. The van der Waals surface area contributed by atoms with Crippen LogP contribution in [-0.4, -0.2) is 17.5 Å². The van der Waals surface area contributed by atoms with E-state index >= 15 is 0 Å². The van der Waals surface area contributed by atoms with Gasteiger partial charge in [-0.3, -0.25) is 4.79 Å². The van der Waals surface area contributed by atoms with Gasteiger partial charge < -0.3 is 11.1 Å². The number of carbonyl (C=O) groups excluding carboxylic acids is 1. The van der Waals surface area contributed by atoms with Gasteiger partial charge in [0.15, 0.2) is 0 Å². The minimum atomic E-state index is -0.490. The van der Waals surface area contributed by atoms with E-state index in [9.17, 15) is 4.79 Å². The zero-order valence-electron chi connectivity index (χ0n) is 14.5. The summed E-state index contributed by atoms with van der Waals surface area (Å²) in [6.07, 6.45) is 9.23. The Balaban J connectivity index is 1.64. The number of hydrogen-bond donors (Lipinski definition) is 2. The van der Waals surface area contributed by atoms with E-state index in [1.165, 1.54) is 24.8 Å². The third-order valence-electron chi connectivity index (χ3n) is 5.63. The van der Waals surface area contributed by atoms with Crippen molar-refractivity contribution in [2.45, 2.75) is 82.2 Å². The summed E-state index contributed by atoms with van der Waals surface area (Å²) >= 11 is 0. The zero-order chi connectivity index (χ0) is 16.5. The van der Waals surface area contributed by atoms with Crippen molar-refractivity contribution in [3.63, 3.8) is 0 Å². The average molecular weight is 314 g/mol. The number of nitrogens with one attached hydrogen (secondary N) is 1. The van der Waals surface area contributed by atoms with Gasteiger partial charge in [-0.25, -0.2) is 0 Å². The number of nitrogens with two attached hydrogens (primary N) is 1. The van der Waals surface area contributed by atoms with Crippen LogP contribution < -0.4 is 11.1 Å². The molecule has 0 bridgehead atoms. The Morgan fingerprint density at radius 1 is 1.17 bits per heavy atom. The molecule has 1 aromatic rings. The topological polar surface area (TPSA) is 55.1 Å². The molecular weight excluding hydrogens is 284 g/mol. The van der Waals surface area contributed by atoms with Crippen LogP contribution in [0, 0.1) is 0 Å². The molecule has 1 aromatic carbocycles. The molecule has 0 spiro atoms. The summed E-state index contributed by atoms with van der Waals surface area (Å²) < 4.78 is 0. The second-order valence-corrected chi connectivity index (χ2v) is 8.17. The Bertz CT molecular complexity index is 552. The molecule has 0 atom stereocenters. The van der Waals surface area contributed by atoms with Crippen LogP contribution in [0.5, 0.6) is 0 Å². The molecule has 3 nitrogen and oxygen atoms in total. The van der Waals surface area contributed by atoms with E-state index in [0.29, 0.717) is 6.04 Å². The summed E-state index contributed by atoms with van der Waals surface area (Å²) in [6, 6.07) is 8.83. The molecule has 0 aliphatic heterocycles. The first-order valence-electron chi connectivity index (χ1n) is 9.08. The summed E-state index contributed by atoms with van der Waals surface area (Å²) in [7, 11) is 0. The fourth-order valence-electron chi connectivity index (χ4n) is 3.53. The van der Waals surface area contributed by atoms with Crippen molar-refractivity contribution in [1.82, 2.24) is 5.32 Å². The van der Waals surface area contributed by atoms with Gasteiger partial charge in [0.1, 0.15) is 0 Å². The summed E-state index contributed by atoms with van der Waals surface area (Å²) in [5.74, 6) is 0.148. The standard InChI is InChI=1S/C20H30N2O/c1-19(2,18(23)22-17-6-4-3-5-7-17)16-10-8-15(9-11-16)14-20(21)12-13-20/h8-11,17H,3-7,12-14,21H2,1-2H3,(H,22,23). The van der Waals surface area contributed by atoms with E-state index < -0.39 is 5.41 Å². The molecule has 0 unspecified atom stereocenters. The van der Waals surface area contributed by atoms with Crippen LogP contribution in [0.3, 0.4) is 0 Å². The van der Waals surface area contributed by atoms with Crippen LogP contribution in [-0.2, 0) is 16.6 Å². The minimum absolute atomic E-state index is 0.0371. The molecule has 0 radical (unpaired) electrons. The van der Waals surface area contributed by atoms with Crippen molar-refractivity contribution in [2.75, 3.05) is 0 Å². The molecule has 3 N–H and O–H groups in total. The maximum Gasteiger partial charge on any atom is 0.230 e. The lowest BCUT2D eigenvalue weighted by molar-refractivity contribution is -0.126. The Morgan fingerprint density at radius 2 is 1.78 bits per heavy atom. The number of carbonyl (C=O) groups is 1. The number of rotatable bonds is 5. The highest BCUT2D eigenvalue weighted by Crippen LogP contribution is 2.36. The average Bonchev–Trinajstić information content (AvgIpc) is 3.26. The minimum Gasteiger partial charge on any atom is -0.353 e. The fourth-order valence-corrected chi connectivity index (χ4v) is 3.53. The molecule has 2 aliphatic carbocycles. The van der Waals surface area contributed by atoms with E-state index in [1.54, 1.807) is 0 Å². The number of amides is 1. The molecule has 0 heterocycles. The monoisotopic (exact) mass is 314 g/mol. The predicted molar refractivity (Wildman–Crippen MR) is 94.3 cm³/mol. The largest absolute Gasteiger partial charge is 0.353 e. The SMILES string of the molecule is CC(C)(C(=O)NC1CCCCC1)c1ccc(CC2(N)CC2)cc1. The van der Waals surface area contributed by atoms with E-state index in [0.717, 1.165) is 37.7 Å². The predicted octanol–water partition coefficient (Wildman–Crippen LogP) is 3.45. The zero-order valence-corrected chi connectivity index (χ0v) is 14.5. The summed E-state index contributed by atoms with van der Waals surface area (Å²) in [6.45, 7) is 4.04. The molecule has 3 rings (SSSR count). The third kappa shape index (κ3) is 3.95. The molecule has 126 valence electrons. The van der Waals surface area contributed by atoms with E-state index in [-0.39, 0.29) is 11.4 Å². The van der Waals surface area contributed by atoms with Crippen molar-refractivity contribution < 1.29 is 4.79 Å². The van der Waals surface area contributed by atoms with E-state index in [1.807, 2.05) is 13.8 Å². The van der Waals surface area contributed by atoms with Crippen molar-refractivity contribution in [3.8, 4) is 0 Å². The molecule has 2 fully saturated rings.